The lowest BCUT2D eigenvalue weighted by Crippen LogP contribution is -2.39. The number of carbonyl (C=O) groups is 1. The van der Waals surface area contributed by atoms with Crippen molar-refractivity contribution in [3.05, 3.63) is 30.1 Å². The van der Waals surface area contributed by atoms with Crippen LogP contribution in [0.25, 0.3) is 0 Å². The van der Waals surface area contributed by atoms with Crippen molar-refractivity contribution in [3.63, 3.8) is 0 Å². The Bertz CT molecular complexity index is 367. The predicted molar refractivity (Wildman–Crippen MR) is 61.2 cm³/mol. The van der Waals surface area contributed by atoms with Crippen LogP contribution < -0.4 is 10.1 Å². The molecular formula is C12H16FNO3. The van der Waals surface area contributed by atoms with Crippen molar-refractivity contribution in [2.75, 3.05) is 13.2 Å². The second kappa shape index (κ2) is 6.85. The first-order valence-electron chi connectivity index (χ1n) is 5.44. The maximum Gasteiger partial charge on any atom is 0.258 e. The average molecular weight is 241 g/mol. The first-order valence-corrected chi connectivity index (χ1v) is 5.44. The minimum Gasteiger partial charge on any atom is -0.484 e. The van der Waals surface area contributed by atoms with Crippen molar-refractivity contribution < 1.29 is 19.0 Å². The molecule has 0 radical (unpaired) electrons. The highest BCUT2D eigenvalue weighted by Crippen LogP contribution is 2.11. The minimum absolute atomic E-state index is 0.109. The third-order valence-corrected chi connectivity index (χ3v) is 2.24. The second-order valence-corrected chi connectivity index (χ2v) is 3.60. The molecule has 0 heterocycles. The van der Waals surface area contributed by atoms with Crippen LogP contribution in [0.4, 0.5) is 4.39 Å². The van der Waals surface area contributed by atoms with Crippen LogP contribution in [0.2, 0.25) is 0 Å². The number of aliphatic hydroxyl groups excluding tert-OH is 1. The van der Waals surface area contributed by atoms with Crippen molar-refractivity contribution in [2.24, 2.45) is 0 Å². The lowest BCUT2D eigenvalue weighted by atomic mass is 10.2. The van der Waals surface area contributed by atoms with Gasteiger partial charge >= 0.3 is 0 Å². The lowest BCUT2D eigenvalue weighted by Gasteiger charge is -2.14. The summed E-state index contributed by atoms with van der Waals surface area (Å²) in [6.07, 6.45) is 0.641. The molecule has 0 saturated heterocycles. The number of amides is 1. The third kappa shape index (κ3) is 4.82. The first-order chi connectivity index (χ1) is 8.15. The van der Waals surface area contributed by atoms with E-state index in [2.05, 4.69) is 5.32 Å². The zero-order chi connectivity index (χ0) is 12.7. The van der Waals surface area contributed by atoms with E-state index in [0.717, 1.165) is 0 Å². The molecule has 0 aliphatic rings. The summed E-state index contributed by atoms with van der Waals surface area (Å²) >= 11 is 0. The molecule has 17 heavy (non-hydrogen) atoms. The molecule has 0 bridgehead atoms. The summed E-state index contributed by atoms with van der Waals surface area (Å²) in [6, 6.07) is 5.31. The van der Waals surface area contributed by atoms with E-state index in [1.807, 2.05) is 6.92 Å². The average Bonchev–Trinajstić information content (AvgIpc) is 2.33. The van der Waals surface area contributed by atoms with Crippen LogP contribution in [0.5, 0.6) is 5.75 Å². The first kappa shape index (κ1) is 13.4. The van der Waals surface area contributed by atoms with Crippen LogP contribution in [-0.2, 0) is 4.79 Å². The molecule has 0 spiro atoms. The van der Waals surface area contributed by atoms with E-state index in [1.54, 1.807) is 6.07 Å². The van der Waals surface area contributed by atoms with E-state index < -0.39 is 5.82 Å². The molecular weight excluding hydrogens is 225 g/mol. The van der Waals surface area contributed by atoms with Gasteiger partial charge in [-0.2, -0.15) is 0 Å². The van der Waals surface area contributed by atoms with Gasteiger partial charge in [-0.1, -0.05) is 13.0 Å². The molecule has 1 aromatic carbocycles. The Hall–Kier alpha value is -1.62. The smallest absolute Gasteiger partial charge is 0.258 e. The molecule has 2 N–H and O–H groups in total. The topological polar surface area (TPSA) is 58.6 Å². The van der Waals surface area contributed by atoms with Gasteiger partial charge in [0.05, 0.1) is 12.6 Å². The molecule has 0 saturated carbocycles. The number of benzene rings is 1. The molecule has 0 aromatic heterocycles. The number of hydrogen-bond acceptors (Lipinski definition) is 3. The molecule has 0 aliphatic carbocycles. The summed E-state index contributed by atoms with van der Waals surface area (Å²) in [6.45, 7) is 1.55. The Morgan fingerprint density at radius 1 is 1.59 bits per heavy atom. The molecule has 94 valence electrons. The Morgan fingerprint density at radius 2 is 2.35 bits per heavy atom. The highest BCUT2D eigenvalue weighted by Gasteiger charge is 2.09. The summed E-state index contributed by atoms with van der Waals surface area (Å²) in [5.41, 5.74) is 0. The standard InChI is InChI=1S/C12H16FNO3/c1-2-10(7-15)14-12(16)8-17-11-5-3-4-9(13)6-11/h3-6,10,15H,2,7-8H2,1H3,(H,14,16)/t10-/m1/s1. The van der Waals surface area contributed by atoms with E-state index in [9.17, 15) is 9.18 Å². The van der Waals surface area contributed by atoms with Crippen LogP contribution in [-0.4, -0.2) is 30.3 Å². The van der Waals surface area contributed by atoms with Gasteiger partial charge in [0, 0.05) is 6.07 Å². The molecule has 5 heteroatoms. The maximum absolute atomic E-state index is 12.8. The van der Waals surface area contributed by atoms with E-state index in [-0.39, 0.29) is 25.2 Å². The van der Waals surface area contributed by atoms with Gasteiger partial charge in [-0.3, -0.25) is 4.79 Å². The molecule has 1 amide bonds. The van der Waals surface area contributed by atoms with Crippen molar-refractivity contribution in [3.8, 4) is 5.75 Å². The number of halogens is 1. The van der Waals surface area contributed by atoms with Crippen LogP contribution in [0.1, 0.15) is 13.3 Å². The number of rotatable bonds is 6. The minimum atomic E-state index is -0.412. The number of hydrogen-bond donors (Lipinski definition) is 2. The lowest BCUT2D eigenvalue weighted by molar-refractivity contribution is -0.124. The van der Waals surface area contributed by atoms with Crippen LogP contribution in [0, 0.1) is 5.82 Å². The Morgan fingerprint density at radius 3 is 2.94 bits per heavy atom. The fraction of sp³-hybridized carbons (Fsp3) is 0.417. The zero-order valence-electron chi connectivity index (χ0n) is 9.65. The van der Waals surface area contributed by atoms with E-state index >= 15 is 0 Å². The normalized spacial score (nSPS) is 11.9. The van der Waals surface area contributed by atoms with E-state index in [4.69, 9.17) is 9.84 Å². The fourth-order valence-electron chi connectivity index (χ4n) is 1.25. The Labute approximate surface area is 99.4 Å². The second-order valence-electron chi connectivity index (χ2n) is 3.60. The number of ether oxygens (including phenoxy) is 1. The maximum atomic E-state index is 12.8. The van der Waals surface area contributed by atoms with Gasteiger partial charge < -0.3 is 15.2 Å². The quantitative estimate of drug-likeness (QED) is 0.784. The third-order valence-electron chi connectivity index (χ3n) is 2.24. The van der Waals surface area contributed by atoms with Gasteiger partial charge in [-0.25, -0.2) is 4.39 Å². The predicted octanol–water partition coefficient (Wildman–Crippen LogP) is 1.09. The van der Waals surface area contributed by atoms with Gasteiger partial charge in [0.15, 0.2) is 6.61 Å². The van der Waals surface area contributed by atoms with Crippen LogP contribution >= 0.6 is 0 Å². The molecule has 1 rings (SSSR count). The van der Waals surface area contributed by atoms with Gasteiger partial charge in [0.1, 0.15) is 11.6 Å². The number of nitrogens with one attached hydrogen (secondary N) is 1. The van der Waals surface area contributed by atoms with Crippen molar-refractivity contribution >= 4 is 5.91 Å². The van der Waals surface area contributed by atoms with E-state index in [0.29, 0.717) is 12.2 Å². The molecule has 1 atom stereocenters. The summed E-state index contributed by atoms with van der Waals surface area (Å²) in [4.78, 5) is 11.4. The highest BCUT2D eigenvalue weighted by molar-refractivity contribution is 5.77. The molecule has 4 nitrogen and oxygen atoms in total. The zero-order valence-corrected chi connectivity index (χ0v) is 9.65. The summed E-state index contributed by atoms with van der Waals surface area (Å²) in [7, 11) is 0. The molecule has 1 aromatic rings. The monoisotopic (exact) mass is 241 g/mol. The van der Waals surface area contributed by atoms with Gasteiger partial charge in [0.25, 0.3) is 5.91 Å². The molecule has 0 unspecified atom stereocenters. The van der Waals surface area contributed by atoms with Crippen LogP contribution in [0.15, 0.2) is 24.3 Å². The Kier molecular flexibility index (Phi) is 5.42. The summed E-state index contributed by atoms with van der Waals surface area (Å²) < 4.78 is 17.9. The number of carbonyl (C=O) groups excluding carboxylic acids is 1. The number of aliphatic hydroxyl groups is 1. The van der Waals surface area contributed by atoms with Gasteiger partial charge in [-0.05, 0) is 18.6 Å². The van der Waals surface area contributed by atoms with E-state index in [1.165, 1.54) is 18.2 Å². The fourth-order valence-corrected chi connectivity index (χ4v) is 1.25. The van der Waals surface area contributed by atoms with Gasteiger partial charge in [0.2, 0.25) is 0 Å². The highest BCUT2D eigenvalue weighted by atomic mass is 19.1. The van der Waals surface area contributed by atoms with Crippen molar-refractivity contribution in [1.29, 1.82) is 0 Å². The molecule has 0 fully saturated rings. The SMILES string of the molecule is CC[C@H](CO)NC(=O)COc1cccc(F)c1. The molecule has 0 aliphatic heterocycles. The summed E-state index contributed by atoms with van der Waals surface area (Å²) in [5.74, 6) is -0.447. The van der Waals surface area contributed by atoms with Crippen LogP contribution in [0.3, 0.4) is 0 Å². The van der Waals surface area contributed by atoms with Crippen molar-refractivity contribution in [1.82, 2.24) is 5.32 Å². The van der Waals surface area contributed by atoms with Crippen molar-refractivity contribution in [2.45, 2.75) is 19.4 Å². The Balaban J connectivity index is 2.38. The largest absolute Gasteiger partial charge is 0.484 e. The summed E-state index contributed by atoms with van der Waals surface area (Å²) in [5, 5.41) is 11.5. The van der Waals surface area contributed by atoms with Gasteiger partial charge in [-0.15, -0.1) is 0 Å².